The van der Waals surface area contributed by atoms with Crippen molar-refractivity contribution >= 4 is 22.7 Å². The van der Waals surface area contributed by atoms with E-state index in [2.05, 4.69) is 10.3 Å². The van der Waals surface area contributed by atoms with Crippen molar-refractivity contribution in [1.82, 2.24) is 4.98 Å². The number of benzene rings is 1. The lowest BCUT2D eigenvalue weighted by Gasteiger charge is -2.04. The Morgan fingerprint density at radius 3 is 2.76 bits per heavy atom. The molecule has 3 rings (SSSR count). The zero-order valence-electron chi connectivity index (χ0n) is 11.6. The number of amides is 1. The molecular formula is C16H13FN2O2. The second-order valence-corrected chi connectivity index (χ2v) is 4.86. The molecule has 0 fully saturated rings. The fourth-order valence-electron chi connectivity index (χ4n) is 2.00. The van der Waals surface area contributed by atoms with E-state index in [1.165, 1.54) is 6.07 Å². The Morgan fingerprint density at radius 1 is 1.19 bits per heavy atom. The molecule has 0 atom stereocenters. The Bertz CT molecular complexity index is 839. The summed E-state index contributed by atoms with van der Waals surface area (Å²) in [7, 11) is 0. The van der Waals surface area contributed by atoms with Gasteiger partial charge < -0.3 is 9.73 Å². The van der Waals surface area contributed by atoms with E-state index in [0.717, 1.165) is 5.69 Å². The molecular weight excluding hydrogens is 271 g/mol. The normalized spacial score (nSPS) is 10.8. The van der Waals surface area contributed by atoms with Gasteiger partial charge in [0.15, 0.2) is 11.3 Å². The van der Waals surface area contributed by atoms with Crippen molar-refractivity contribution in [2.75, 3.05) is 5.32 Å². The van der Waals surface area contributed by atoms with E-state index < -0.39 is 5.91 Å². The first-order chi connectivity index (χ1) is 10.0. The lowest BCUT2D eigenvalue weighted by molar-refractivity contribution is 0.0998. The van der Waals surface area contributed by atoms with E-state index in [9.17, 15) is 9.18 Å². The molecule has 0 aliphatic heterocycles. The van der Waals surface area contributed by atoms with Gasteiger partial charge in [-0.2, -0.15) is 0 Å². The van der Waals surface area contributed by atoms with Crippen molar-refractivity contribution in [1.29, 1.82) is 0 Å². The molecule has 2 aromatic heterocycles. The van der Waals surface area contributed by atoms with Crippen LogP contribution >= 0.6 is 0 Å². The molecule has 1 aromatic carbocycles. The SMILES string of the molecule is Cc1ccc2oc(C(=O)Nc3ccc(C)c(F)c3)cc2n1. The van der Waals surface area contributed by atoms with E-state index in [1.807, 2.05) is 13.0 Å². The van der Waals surface area contributed by atoms with Crippen molar-refractivity contribution < 1.29 is 13.6 Å². The first-order valence-corrected chi connectivity index (χ1v) is 6.47. The summed E-state index contributed by atoms with van der Waals surface area (Å²) >= 11 is 0. The Labute approximate surface area is 120 Å². The summed E-state index contributed by atoms with van der Waals surface area (Å²) in [5.41, 5.74) is 2.91. The summed E-state index contributed by atoms with van der Waals surface area (Å²) in [6, 6.07) is 9.67. The average Bonchev–Trinajstić information content (AvgIpc) is 2.86. The number of carbonyl (C=O) groups is 1. The number of aryl methyl sites for hydroxylation is 2. The maximum atomic E-state index is 13.5. The van der Waals surface area contributed by atoms with Crippen LogP contribution < -0.4 is 5.32 Å². The van der Waals surface area contributed by atoms with Crippen molar-refractivity contribution in [3.63, 3.8) is 0 Å². The number of hydrogen-bond donors (Lipinski definition) is 1. The number of fused-ring (bicyclic) bond motifs is 1. The zero-order valence-corrected chi connectivity index (χ0v) is 11.6. The van der Waals surface area contributed by atoms with E-state index in [4.69, 9.17) is 4.42 Å². The Morgan fingerprint density at radius 2 is 2.00 bits per heavy atom. The Balaban J connectivity index is 1.87. The molecule has 0 saturated heterocycles. The number of carbonyl (C=O) groups excluding carboxylic acids is 1. The number of aromatic nitrogens is 1. The van der Waals surface area contributed by atoms with Crippen LogP contribution in [0, 0.1) is 19.7 Å². The highest BCUT2D eigenvalue weighted by molar-refractivity contribution is 6.04. The number of pyridine rings is 1. The molecule has 0 spiro atoms. The summed E-state index contributed by atoms with van der Waals surface area (Å²) < 4.78 is 18.9. The van der Waals surface area contributed by atoms with Gasteiger partial charge in [-0.25, -0.2) is 9.37 Å². The van der Waals surface area contributed by atoms with Gasteiger partial charge in [0.05, 0.1) is 0 Å². The molecule has 5 heteroatoms. The molecule has 0 radical (unpaired) electrons. The van der Waals surface area contributed by atoms with E-state index in [0.29, 0.717) is 22.4 Å². The maximum absolute atomic E-state index is 13.5. The van der Waals surface area contributed by atoms with Crippen LogP contribution in [0.25, 0.3) is 11.1 Å². The van der Waals surface area contributed by atoms with Crippen LogP contribution in [0.15, 0.2) is 40.8 Å². The van der Waals surface area contributed by atoms with Crippen LogP contribution in [0.5, 0.6) is 0 Å². The third kappa shape index (κ3) is 2.63. The van der Waals surface area contributed by atoms with Crippen molar-refractivity contribution in [3.05, 3.63) is 59.2 Å². The van der Waals surface area contributed by atoms with Gasteiger partial charge in [-0.15, -0.1) is 0 Å². The average molecular weight is 284 g/mol. The number of nitrogens with zero attached hydrogens (tertiary/aromatic N) is 1. The second kappa shape index (κ2) is 5.01. The summed E-state index contributed by atoms with van der Waals surface area (Å²) in [5.74, 6) is -0.660. The van der Waals surface area contributed by atoms with Crippen LogP contribution in [0.3, 0.4) is 0 Å². The smallest absolute Gasteiger partial charge is 0.291 e. The van der Waals surface area contributed by atoms with Gasteiger partial charge >= 0.3 is 0 Å². The zero-order chi connectivity index (χ0) is 15.0. The minimum atomic E-state index is -0.436. The van der Waals surface area contributed by atoms with Gasteiger partial charge in [0.2, 0.25) is 0 Å². The van der Waals surface area contributed by atoms with Crippen LogP contribution in [-0.4, -0.2) is 10.9 Å². The van der Waals surface area contributed by atoms with Crippen molar-refractivity contribution in [3.8, 4) is 0 Å². The molecule has 2 heterocycles. The first-order valence-electron chi connectivity index (χ1n) is 6.47. The quantitative estimate of drug-likeness (QED) is 0.778. The number of hydrogen-bond acceptors (Lipinski definition) is 3. The van der Waals surface area contributed by atoms with Crippen molar-refractivity contribution in [2.24, 2.45) is 0 Å². The molecule has 1 N–H and O–H groups in total. The molecule has 21 heavy (non-hydrogen) atoms. The van der Waals surface area contributed by atoms with Gasteiger partial charge in [0, 0.05) is 17.4 Å². The monoisotopic (exact) mass is 284 g/mol. The Kier molecular flexibility index (Phi) is 3.17. The summed E-state index contributed by atoms with van der Waals surface area (Å²) in [6.07, 6.45) is 0. The summed E-state index contributed by atoms with van der Waals surface area (Å²) in [5, 5.41) is 2.60. The summed E-state index contributed by atoms with van der Waals surface area (Å²) in [6.45, 7) is 3.52. The number of furan rings is 1. The van der Waals surface area contributed by atoms with Crippen molar-refractivity contribution in [2.45, 2.75) is 13.8 Å². The molecule has 0 aliphatic carbocycles. The van der Waals surface area contributed by atoms with Gasteiger partial charge in [-0.05, 0) is 43.7 Å². The van der Waals surface area contributed by atoms with Crippen LogP contribution in [0.2, 0.25) is 0 Å². The minimum absolute atomic E-state index is 0.143. The highest BCUT2D eigenvalue weighted by Crippen LogP contribution is 2.20. The lowest BCUT2D eigenvalue weighted by atomic mass is 10.2. The number of rotatable bonds is 2. The van der Waals surface area contributed by atoms with Gasteiger partial charge in [0.25, 0.3) is 5.91 Å². The highest BCUT2D eigenvalue weighted by atomic mass is 19.1. The van der Waals surface area contributed by atoms with Gasteiger partial charge in [-0.1, -0.05) is 6.07 Å². The number of halogens is 1. The maximum Gasteiger partial charge on any atom is 0.291 e. The largest absolute Gasteiger partial charge is 0.449 e. The highest BCUT2D eigenvalue weighted by Gasteiger charge is 2.13. The van der Waals surface area contributed by atoms with E-state index >= 15 is 0 Å². The predicted octanol–water partition coefficient (Wildman–Crippen LogP) is 3.84. The van der Waals surface area contributed by atoms with Gasteiger partial charge in [0.1, 0.15) is 11.3 Å². The molecule has 0 aliphatic rings. The topological polar surface area (TPSA) is 55.1 Å². The molecule has 106 valence electrons. The fourth-order valence-corrected chi connectivity index (χ4v) is 2.00. The van der Waals surface area contributed by atoms with Crippen LogP contribution in [0.4, 0.5) is 10.1 Å². The molecule has 0 unspecified atom stereocenters. The number of nitrogens with one attached hydrogen (secondary N) is 1. The van der Waals surface area contributed by atoms with Crippen LogP contribution in [0.1, 0.15) is 21.8 Å². The third-order valence-corrected chi connectivity index (χ3v) is 3.17. The van der Waals surface area contributed by atoms with Crippen LogP contribution in [-0.2, 0) is 0 Å². The summed E-state index contributed by atoms with van der Waals surface area (Å²) in [4.78, 5) is 16.4. The Hall–Kier alpha value is -2.69. The lowest BCUT2D eigenvalue weighted by Crippen LogP contribution is -2.11. The van der Waals surface area contributed by atoms with E-state index in [-0.39, 0.29) is 11.6 Å². The first kappa shape index (κ1) is 13.3. The third-order valence-electron chi connectivity index (χ3n) is 3.17. The predicted molar refractivity (Wildman–Crippen MR) is 77.8 cm³/mol. The molecule has 1 amide bonds. The molecule has 0 saturated carbocycles. The molecule has 4 nitrogen and oxygen atoms in total. The van der Waals surface area contributed by atoms with E-state index in [1.54, 1.807) is 31.2 Å². The minimum Gasteiger partial charge on any atom is -0.449 e. The molecule has 3 aromatic rings. The fraction of sp³-hybridized carbons (Fsp3) is 0.125. The standard InChI is InChI=1S/C16H13FN2O2/c1-9-3-5-11(7-12(9)17)19-16(20)15-8-13-14(21-15)6-4-10(2)18-13/h3-8H,1-2H3,(H,19,20). The molecule has 0 bridgehead atoms. The second-order valence-electron chi connectivity index (χ2n) is 4.86. The number of anilines is 1. The van der Waals surface area contributed by atoms with Gasteiger partial charge in [-0.3, -0.25) is 4.79 Å².